The van der Waals surface area contributed by atoms with Crippen LogP contribution in [-0.4, -0.2) is 22.2 Å². The quantitative estimate of drug-likeness (QED) is 0.884. The highest BCUT2D eigenvalue weighted by atomic mass is 35.5. The molecule has 0 aliphatic carbocycles. The summed E-state index contributed by atoms with van der Waals surface area (Å²) >= 11 is 5.54. The maximum Gasteiger partial charge on any atom is 0.337 e. The Labute approximate surface area is 121 Å². The number of hydrogen-bond donors (Lipinski definition) is 2. The van der Waals surface area contributed by atoms with E-state index in [1.165, 1.54) is 6.07 Å². The first-order valence-electron chi connectivity index (χ1n) is 5.70. The fourth-order valence-electron chi connectivity index (χ4n) is 1.45. The van der Waals surface area contributed by atoms with Crippen LogP contribution in [0.25, 0.3) is 0 Å². The van der Waals surface area contributed by atoms with Crippen LogP contribution in [-0.2, 0) is 0 Å². The van der Waals surface area contributed by atoms with Gasteiger partial charge in [-0.1, -0.05) is 41.9 Å². The zero-order valence-electron chi connectivity index (χ0n) is 10.7. The summed E-state index contributed by atoms with van der Waals surface area (Å²) in [5, 5.41) is 17.3. The lowest BCUT2D eigenvalue weighted by Gasteiger charge is -1.96. The molecule has 4 nitrogen and oxygen atoms in total. The maximum absolute atomic E-state index is 10.4. The van der Waals surface area contributed by atoms with Gasteiger partial charge in [-0.3, -0.25) is 0 Å². The minimum atomic E-state index is -0.995. The third-order valence-electron chi connectivity index (χ3n) is 2.48. The zero-order valence-corrected chi connectivity index (χ0v) is 11.5. The van der Waals surface area contributed by atoms with Crippen LogP contribution in [0, 0.1) is 6.92 Å². The largest absolute Gasteiger partial charge is 0.478 e. The average molecular weight is 293 g/mol. The molecule has 2 N–H and O–H groups in total. The molecule has 0 atom stereocenters. The molecule has 2 rings (SSSR count). The van der Waals surface area contributed by atoms with E-state index in [0.717, 1.165) is 5.56 Å². The van der Waals surface area contributed by atoms with Crippen molar-refractivity contribution in [3.63, 3.8) is 0 Å². The van der Waals surface area contributed by atoms with E-state index in [1.54, 1.807) is 43.3 Å². The molecular weight excluding hydrogens is 280 g/mol. The number of carbonyl (C=O) groups is 2. The molecule has 0 aliphatic rings. The topological polar surface area (TPSA) is 74.6 Å². The number of carboxylic acids is 2. The van der Waals surface area contributed by atoms with E-state index < -0.39 is 11.9 Å². The van der Waals surface area contributed by atoms with E-state index in [0.29, 0.717) is 5.56 Å². The summed E-state index contributed by atoms with van der Waals surface area (Å²) in [6.45, 7) is 1.78. The van der Waals surface area contributed by atoms with Gasteiger partial charge in [0.25, 0.3) is 0 Å². The van der Waals surface area contributed by atoms with Gasteiger partial charge in [0.2, 0.25) is 0 Å². The smallest absolute Gasteiger partial charge is 0.337 e. The molecule has 104 valence electrons. The van der Waals surface area contributed by atoms with Crippen molar-refractivity contribution in [2.75, 3.05) is 0 Å². The van der Waals surface area contributed by atoms with Crippen LogP contribution in [0.2, 0.25) is 5.02 Å². The van der Waals surface area contributed by atoms with Gasteiger partial charge >= 0.3 is 11.9 Å². The van der Waals surface area contributed by atoms with E-state index in [2.05, 4.69) is 0 Å². The second-order valence-electron chi connectivity index (χ2n) is 3.91. The van der Waals surface area contributed by atoms with Gasteiger partial charge in [-0.15, -0.1) is 0 Å². The van der Waals surface area contributed by atoms with Gasteiger partial charge in [0.15, 0.2) is 0 Å². The summed E-state index contributed by atoms with van der Waals surface area (Å²) < 4.78 is 0. The van der Waals surface area contributed by atoms with Crippen LogP contribution in [0.3, 0.4) is 0 Å². The Morgan fingerprint density at radius 1 is 0.850 bits per heavy atom. The number of carboxylic acid groups (broad SMARTS) is 2. The van der Waals surface area contributed by atoms with Crippen molar-refractivity contribution in [2.24, 2.45) is 0 Å². The Hall–Kier alpha value is -2.33. The van der Waals surface area contributed by atoms with E-state index in [4.69, 9.17) is 21.8 Å². The molecule has 0 fully saturated rings. The molecule has 0 amide bonds. The third-order valence-corrected chi connectivity index (χ3v) is 2.81. The summed E-state index contributed by atoms with van der Waals surface area (Å²) in [4.78, 5) is 20.8. The van der Waals surface area contributed by atoms with Crippen molar-refractivity contribution in [2.45, 2.75) is 6.92 Å². The van der Waals surface area contributed by atoms with Gasteiger partial charge in [-0.05, 0) is 30.7 Å². The standard InChI is InChI=1S/C8H8O2.C7H5ClO2/c1-6-4-2-3-5-7(6)8(9)10;8-6-4-2-1-3-5(6)7(9)10/h2-5H,1H3,(H,9,10);1-4H,(H,9,10). The van der Waals surface area contributed by atoms with Crippen molar-refractivity contribution >= 4 is 23.5 Å². The maximum atomic E-state index is 10.4. The Balaban J connectivity index is 0.000000200. The van der Waals surface area contributed by atoms with Crippen molar-refractivity contribution in [3.05, 3.63) is 70.2 Å². The number of benzene rings is 2. The van der Waals surface area contributed by atoms with Crippen molar-refractivity contribution in [3.8, 4) is 0 Å². The van der Waals surface area contributed by atoms with Gasteiger partial charge in [0.05, 0.1) is 16.1 Å². The summed E-state index contributed by atoms with van der Waals surface area (Å²) in [5.41, 5.74) is 1.32. The van der Waals surface area contributed by atoms with E-state index in [1.807, 2.05) is 6.07 Å². The van der Waals surface area contributed by atoms with E-state index in [-0.39, 0.29) is 10.6 Å². The van der Waals surface area contributed by atoms with Gasteiger partial charge in [-0.2, -0.15) is 0 Å². The molecule has 0 saturated carbocycles. The molecule has 20 heavy (non-hydrogen) atoms. The van der Waals surface area contributed by atoms with Crippen LogP contribution in [0.4, 0.5) is 0 Å². The highest BCUT2D eigenvalue weighted by molar-refractivity contribution is 6.33. The Bertz CT molecular complexity index is 567. The normalized spacial score (nSPS) is 9.30. The molecular formula is C15H13ClO4. The van der Waals surface area contributed by atoms with Crippen LogP contribution in [0.1, 0.15) is 26.3 Å². The first-order chi connectivity index (χ1) is 9.43. The lowest BCUT2D eigenvalue weighted by Crippen LogP contribution is -1.97. The third kappa shape index (κ3) is 4.40. The highest BCUT2D eigenvalue weighted by Gasteiger charge is 2.05. The second kappa shape index (κ2) is 7.31. The molecule has 0 aromatic heterocycles. The van der Waals surface area contributed by atoms with Crippen molar-refractivity contribution in [1.82, 2.24) is 0 Å². The number of aromatic carboxylic acids is 2. The molecule has 0 unspecified atom stereocenters. The molecule has 0 spiro atoms. The van der Waals surface area contributed by atoms with Crippen LogP contribution >= 0.6 is 11.6 Å². The fraction of sp³-hybridized carbons (Fsp3) is 0.0667. The van der Waals surface area contributed by atoms with Gasteiger partial charge < -0.3 is 10.2 Å². The lowest BCUT2D eigenvalue weighted by molar-refractivity contribution is 0.0685. The SMILES string of the molecule is Cc1ccccc1C(=O)O.O=C(O)c1ccccc1Cl. The molecule has 0 radical (unpaired) electrons. The fourth-order valence-corrected chi connectivity index (χ4v) is 1.66. The van der Waals surface area contributed by atoms with Crippen LogP contribution in [0.5, 0.6) is 0 Å². The first-order valence-corrected chi connectivity index (χ1v) is 6.08. The molecule has 5 heteroatoms. The number of aryl methyl sites for hydroxylation is 1. The predicted molar refractivity (Wildman–Crippen MR) is 76.5 cm³/mol. The average Bonchev–Trinajstić information content (AvgIpc) is 2.40. The molecule has 2 aromatic carbocycles. The molecule has 0 heterocycles. The van der Waals surface area contributed by atoms with Gasteiger partial charge in [0.1, 0.15) is 0 Å². The summed E-state index contributed by atoms with van der Waals surface area (Å²) in [6, 6.07) is 13.2. The van der Waals surface area contributed by atoms with E-state index in [9.17, 15) is 9.59 Å². The number of hydrogen-bond acceptors (Lipinski definition) is 2. The predicted octanol–water partition coefficient (Wildman–Crippen LogP) is 3.73. The summed E-state index contributed by atoms with van der Waals surface area (Å²) in [5.74, 6) is -1.86. The molecule has 0 saturated heterocycles. The Morgan fingerprint density at radius 3 is 1.65 bits per heavy atom. The minimum absolute atomic E-state index is 0.143. The first kappa shape index (κ1) is 15.7. The monoisotopic (exact) mass is 292 g/mol. The second-order valence-corrected chi connectivity index (χ2v) is 4.31. The zero-order chi connectivity index (χ0) is 15.1. The summed E-state index contributed by atoms with van der Waals surface area (Å²) in [7, 11) is 0. The van der Waals surface area contributed by atoms with Crippen LogP contribution < -0.4 is 0 Å². The number of rotatable bonds is 2. The van der Waals surface area contributed by atoms with Gasteiger partial charge in [-0.25, -0.2) is 9.59 Å². The lowest BCUT2D eigenvalue weighted by atomic mass is 10.1. The van der Waals surface area contributed by atoms with Crippen molar-refractivity contribution < 1.29 is 19.8 Å². The Kier molecular flexibility index (Phi) is 5.74. The Morgan fingerprint density at radius 2 is 1.30 bits per heavy atom. The molecule has 2 aromatic rings. The van der Waals surface area contributed by atoms with Gasteiger partial charge in [0, 0.05) is 0 Å². The van der Waals surface area contributed by atoms with E-state index >= 15 is 0 Å². The van der Waals surface area contributed by atoms with Crippen LogP contribution in [0.15, 0.2) is 48.5 Å². The molecule has 0 bridgehead atoms. The number of halogens is 1. The van der Waals surface area contributed by atoms with Crippen molar-refractivity contribution in [1.29, 1.82) is 0 Å². The minimum Gasteiger partial charge on any atom is -0.478 e. The highest BCUT2D eigenvalue weighted by Crippen LogP contribution is 2.13. The molecule has 0 aliphatic heterocycles. The summed E-state index contributed by atoms with van der Waals surface area (Å²) in [6.07, 6.45) is 0.